The number of fused-ring (bicyclic) bond motifs is 1. The second kappa shape index (κ2) is 6.20. The summed E-state index contributed by atoms with van der Waals surface area (Å²) in [4.78, 5) is 13.3. The molecule has 24 heavy (non-hydrogen) atoms. The first kappa shape index (κ1) is 15.1. The molecule has 0 atom stereocenters. The monoisotopic (exact) mass is 326 g/mol. The molecule has 0 radical (unpaired) electrons. The summed E-state index contributed by atoms with van der Waals surface area (Å²) in [5.74, 6) is -0.304. The van der Waals surface area contributed by atoms with Gasteiger partial charge in [0.2, 0.25) is 0 Å². The lowest BCUT2D eigenvalue weighted by molar-refractivity contribution is 0.245. The normalized spacial score (nSPS) is 16.0. The molecule has 5 nitrogen and oxygen atoms in total. The van der Waals surface area contributed by atoms with Crippen molar-refractivity contribution >= 4 is 17.1 Å². The van der Waals surface area contributed by atoms with Gasteiger partial charge in [0, 0.05) is 50.7 Å². The molecule has 1 saturated heterocycles. The van der Waals surface area contributed by atoms with E-state index in [1.165, 1.54) is 17.7 Å². The first-order valence-electron chi connectivity index (χ1n) is 8.13. The maximum Gasteiger partial charge on any atom is 0.298 e. The summed E-state index contributed by atoms with van der Waals surface area (Å²) < 4.78 is 19.0. The molecule has 1 aromatic carbocycles. The number of halogens is 1. The highest BCUT2D eigenvalue weighted by Crippen LogP contribution is 2.24. The molecule has 124 valence electrons. The zero-order valence-corrected chi connectivity index (χ0v) is 13.6. The molecule has 0 N–H and O–H groups in total. The number of oxazole rings is 1. The molecule has 0 bridgehead atoms. The van der Waals surface area contributed by atoms with E-state index < -0.39 is 0 Å². The van der Waals surface area contributed by atoms with Crippen LogP contribution in [0, 0.1) is 12.7 Å². The summed E-state index contributed by atoms with van der Waals surface area (Å²) in [5, 5.41) is 0. The number of benzene rings is 1. The average Bonchev–Trinajstić information content (AvgIpc) is 3.01. The molecule has 2 aromatic heterocycles. The Morgan fingerprint density at radius 1 is 1.17 bits per heavy atom. The van der Waals surface area contributed by atoms with Gasteiger partial charge >= 0.3 is 0 Å². The van der Waals surface area contributed by atoms with Crippen LogP contribution in [0.15, 0.2) is 40.9 Å². The maximum absolute atomic E-state index is 13.3. The van der Waals surface area contributed by atoms with Gasteiger partial charge in [-0.1, -0.05) is 6.07 Å². The van der Waals surface area contributed by atoms with Gasteiger partial charge in [-0.25, -0.2) is 4.39 Å². The smallest absolute Gasteiger partial charge is 0.298 e. The fourth-order valence-electron chi connectivity index (χ4n) is 3.04. The van der Waals surface area contributed by atoms with Crippen molar-refractivity contribution in [1.29, 1.82) is 0 Å². The summed E-state index contributed by atoms with van der Waals surface area (Å²) in [5.41, 5.74) is 3.54. The van der Waals surface area contributed by atoms with Crippen LogP contribution in [0.1, 0.15) is 11.3 Å². The van der Waals surface area contributed by atoms with Crippen molar-refractivity contribution in [3.05, 3.63) is 53.6 Å². The van der Waals surface area contributed by atoms with Gasteiger partial charge in [0.1, 0.15) is 11.3 Å². The minimum atomic E-state index is -0.304. The number of hydrogen-bond donors (Lipinski definition) is 0. The molecule has 1 aliphatic rings. The van der Waals surface area contributed by atoms with E-state index in [1.54, 1.807) is 6.07 Å². The maximum atomic E-state index is 13.3. The molecule has 1 fully saturated rings. The van der Waals surface area contributed by atoms with Crippen LogP contribution in [-0.2, 0) is 6.54 Å². The van der Waals surface area contributed by atoms with Crippen LogP contribution in [0.5, 0.6) is 0 Å². The molecule has 3 aromatic rings. The Balaban J connectivity index is 1.42. The lowest BCUT2D eigenvalue weighted by atomic mass is 10.2. The number of rotatable bonds is 3. The minimum Gasteiger partial charge on any atom is -0.423 e. The Kier molecular flexibility index (Phi) is 3.90. The fraction of sp³-hybridized carbons (Fsp3) is 0.333. The van der Waals surface area contributed by atoms with Gasteiger partial charge in [-0.15, -0.1) is 0 Å². The van der Waals surface area contributed by atoms with Crippen molar-refractivity contribution in [1.82, 2.24) is 14.9 Å². The highest BCUT2D eigenvalue weighted by Gasteiger charge is 2.21. The van der Waals surface area contributed by atoms with Crippen LogP contribution in [0.3, 0.4) is 0 Å². The van der Waals surface area contributed by atoms with E-state index in [0.717, 1.165) is 38.4 Å². The SMILES string of the molecule is Cc1ncccc1CN1CCN(c2nc3ccc(F)cc3o2)CC1. The summed E-state index contributed by atoms with van der Waals surface area (Å²) in [6, 6.07) is 9.13. The number of nitrogens with zero attached hydrogens (tertiary/aromatic N) is 4. The number of aromatic nitrogens is 2. The quantitative estimate of drug-likeness (QED) is 0.740. The van der Waals surface area contributed by atoms with Gasteiger partial charge in [0.25, 0.3) is 6.01 Å². The third-order valence-corrected chi connectivity index (χ3v) is 4.49. The predicted molar refractivity (Wildman–Crippen MR) is 90.4 cm³/mol. The Labute approximate surface area is 139 Å². The number of anilines is 1. The Morgan fingerprint density at radius 2 is 2.00 bits per heavy atom. The lowest BCUT2D eigenvalue weighted by Crippen LogP contribution is -2.46. The van der Waals surface area contributed by atoms with E-state index >= 15 is 0 Å². The third-order valence-electron chi connectivity index (χ3n) is 4.49. The largest absolute Gasteiger partial charge is 0.423 e. The topological polar surface area (TPSA) is 45.4 Å². The first-order valence-corrected chi connectivity index (χ1v) is 8.13. The molecule has 4 rings (SSSR count). The summed E-state index contributed by atoms with van der Waals surface area (Å²) in [7, 11) is 0. The molecule has 3 heterocycles. The lowest BCUT2D eigenvalue weighted by Gasteiger charge is -2.33. The van der Waals surface area contributed by atoms with Crippen molar-refractivity contribution in [2.75, 3.05) is 31.1 Å². The van der Waals surface area contributed by atoms with Gasteiger partial charge in [0.15, 0.2) is 5.58 Å². The molecule has 0 aliphatic carbocycles. The first-order chi connectivity index (χ1) is 11.7. The fourth-order valence-corrected chi connectivity index (χ4v) is 3.04. The third kappa shape index (κ3) is 2.97. The Hall–Kier alpha value is -2.47. The molecular weight excluding hydrogens is 307 g/mol. The Morgan fingerprint density at radius 3 is 2.79 bits per heavy atom. The van der Waals surface area contributed by atoms with Gasteiger partial charge < -0.3 is 9.32 Å². The van der Waals surface area contributed by atoms with Gasteiger partial charge in [0.05, 0.1) is 0 Å². The van der Waals surface area contributed by atoms with Crippen LogP contribution < -0.4 is 4.90 Å². The molecule has 0 spiro atoms. The predicted octanol–water partition coefficient (Wildman–Crippen LogP) is 2.99. The molecule has 0 unspecified atom stereocenters. The summed E-state index contributed by atoms with van der Waals surface area (Å²) >= 11 is 0. The van der Waals surface area contributed by atoms with Gasteiger partial charge in [-0.2, -0.15) is 4.98 Å². The van der Waals surface area contributed by atoms with Gasteiger partial charge in [-0.05, 0) is 30.7 Å². The highest BCUT2D eigenvalue weighted by atomic mass is 19.1. The van der Waals surface area contributed by atoms with Crippen LogP contribution >= 0.6 is 0 Å². The molecule has 6 heteroatoms. The second-order valence-electron chi connectivity index (χ2n) is 6.12. The summed E-state index contributed by atoms with van der Waals surface area (Å²) in [6.45, 7) is 6.50. The van der Waals surface area contributed by atoms with Crippen molar-refractivity contribution in [2.24, 2.45) is 0 Å². The van der Waals surface area contributed by atoms with E-state index in [-0.39, 0.29) is 5.82 Å². The molecular formula is C18H19FN4O. The number of aryl methyl sites for hydroxylation is 1. The summed E-state index contributed by atoms with van der Waals surface area (Å²) in [6.07, 6.45) is 1.83. The minimum absolute atomic E-state index is 0.304. The highest BCUT2D eigenvalue weighted by molar-refractivity contribution is 5.74. The van der Waals surface area contributed by atoms with Crippen molar-refractivity contribution in [3.8, 4) is 0 Å². The van der Waals surface area contributed by atoms with E-state index in [4.69, 9.17) is 4.42 Å². The van der Waals surface area contributed by atoms with E-state index in [0.29, 0.717) is 17.1 Å². The van der Waals surface area contributed by atoms with E-state index in [2.05, 4.69) is 25.8 Å². The van der Waals surface area contributed by atoms with E-state index in [9.17, 15) is 4.39 Å². The van der Waals surface area contributed by atoms with Crippen molar-refractivity contribution < 1.29 is 8.81 Å². The van der Waals surface area contributed by atoms with Crippen LogP contribution in [-0.4, -0.2) is 41.0 Å². The standard InChI is InChI=1S/C18H19FN4O/c1-13-14(3-2-6-20-13)12-22-7-9-23(10-8-22)18-21-16-5-4-15(19)11-17(16)24-18/h2-6,11H,7-10,12H2,1H3. The number of pyridine rings is 1. The molecule has 0 amide bonds. The van der Waals surface area contributed by atoms with Crippen LogP contribution in [0.4, 0.5) is 10.4 Å². The zero-order chi connectivity index (χ0) is 16.5. The number of hydrogen-bond acceptors (Lipinski definition) is 5. The molecule has 1 aliphatic heterocycles. The number of piperazine rings is 1. The van der Waals surface area contributed by atoms with Crippen LogP contribution in [0.2, 0.25) is 0 Å². The van der Waals surface area contributed by atoms with Crippen LogP contribution in [0.25, 0.3) is 11.1 Å². The van der Waals surface area contributed by atoms with Gasteiger partial charge in [-0.3, -0.25) is 9.88 Å². The van der Waals surface area contributed by atoms with Crippen molar-refractivity contribution in [2.45, 2.75) is 13.5 Å². The average molecular weight is 326 g/mol. The molecule has 0 saturated carbocycles. The second-order valence-corrected chi connectivity index (χ2v) is 6.12. The zero-order valence-electron chi connectivity index (χ0n) is 13.6. The van der Waals surface area contributed by atoms with Crippen molar-refractivity contribution in [3.63, 3.8) is 0 Å². The van der Waals surface area contributed by atoms with E-state index in [1.807, 2.05) is 19.2 Å². The Bertz CT molecular complexity index is 855.